The van der Waals surface area contributed by atoms with Crippen molar-refractivity contribution in [3.05, 3.63) is 57.5 Å². The molecule has 0 saturated heterocycles. The maximum absolute atomic E-state index is 12.4. The lowest BCUT2D eigenvalue weighted by molar-refractivity contribution is -0.121. The summed E-state index contributed by atoms with van der Waals surface area (Å²) < 4.78 is 1.13. The molecule has 1 spiro atoms. The third-order valence-electron chi connectivity index (χ3n) is 4.27. The van der Waals surface area contributed by atoms with Crippen molar-refractivity contribution in [3.8, 4) is 0 Å². The van der Waals surface area contributed by atoms with Crippen LogP contribution in [0.25, 0.3) is 0 Å². The molecular formula is C16H13IN2O. The van der Waals surface area contributed by atoms with Crippen molar-refractivity contribution >= 4 is 34.1 Å². The van der Waals surface area contributed by atoms with E-state index in [0.717, 1.165) is 21.4 Å². The minimum absolute atomic E-state index is 0.229. The molecule has 0 fully saturated rings. The molecule has 3 nitrogen and oxygen atoms in total. The molecule has 2 aliphatic carbocycles. The fraction of sp³-hybridized carbons (Fsp3) is 0.250. The van der Waals surface area contributed by atoms with Gasteiger partial charge in [0.05, 0.1) is 16.8 Å². The van der Waals surface area contributed by atoms with Crippen molar-refractivity contribution in [1.82, 2.24) is 5.32 Å². The van der Waals surface area contributed by atoms with Crippen LogP contribution in [0.4, 0.5) is 0 Å². The van der Waals surface area contributed by atoms with Crippen LogP contribution < -0.4 is 5.32 Å². The van der Waals surface area contributed by atoms with Gasteiger partial charge in [0, 0.05) is 10.0 Å². The topological polar surface area (TPSA) is 41.5 Å². The van der Waals surface area contributed by atoms with E-state index < -0.39 is 5.41 Å². The van der Waals surface area contributed by atoms with Gasteiger partial charge >= 0.3 is 0 Å². The summed E-state index contributed by atoms with van der Waals surface area (Å²) >= 11 is 2.31. The van der Waals surface area contributed by atoms with Gasteiger partial charge in [-0.05, 0) is 52.9 Å². The second kappa shape index (κ2) is 4.28. The summed E-state index contributed by atoms with van der Waals surface area (Å²) in [5.74, 6) is 0.229. The first kappa shape index (κ1) is 12.3. The molecule has 4 heteroatoms. The molecule has 0 bridgehead atoms. The molecule has 2 unspecified atom stereocenters. The number of aliphatic imine (C=N–C) groups is 1. The lowest BCUT2D eigenvalue weighted by Crippen LogP contribution is -2.50. The number of carbonyl (C=O) groups excluding carboxylic acids is 1. The maximum atomic E-state index is 12.4. The smallest absolute Gasteiger partial charge is 0.160 e. The van der Waals surface area contributed by atoms with Crippen LogP contribution in [0.2, 0.25) is 0 Å². The van der Waals surface area contributed by atoms with Crippen LogP contribution in [0.1, 0.15) is 12.8 Å². The minimum atomic E-state index is -0.421. The summed E-state index contributed by atoms with van der Waals surface area (Å²) in [7, 11) is 0. The fourth-order valence-electron chi connectivity index (χ4n) is 3.43. The van der Waals surface area contributed by atoms with Gasteiger partial charge in [-0.3, -0.25) is 9.79 Å². The van der Waals surface area contributed by atoms with E-state index >= 15 is 0 Å². The number of halogens is 1. The molecule has 100 valence electrons. The van der Waals surface area contributed by atoms with Crippen LogP contribution in [0.3, 0.4) is 0 Å². The Morgan fingerprint density at radius 2 is 2.25 bits per heavy atom. The van der Waals surface area contributed by atoms with E-state index in [1.165, 1.54) is 5.57 Å². The van der Waals surface area contributed by atoms with E-state index in [4.69, 9.17) is 4.99 Å². The monoisotopic (exact) mass is 376 g/mol. The number of fused-ring (bicyclic) bond motifs is 1. The van der Waals surface area contributed by atoms with Crippen LogP contribution >= 0.6 is 22.6 Å². The number of nitrogens with one attached hydrogen (secondary N) is 1. The second-order valence-electron chi connectivity index (χ2n) is 5.34. The predicted molar refractivity (Wildman–Crippen MR) is 87.6 cm³/mol. The van der Waals surface area contributed by atoms with Gasteiger partial charge in [-0.1, -0.05) is 24.3 Å². The summed E-state index contributed by atoms with van der Waals surface area (Å²) in [4.78, 5) is 17.2. The third kappa shape index (κ3) is 1.51. The number of allylic oxidation sites excluding steroid dienone is 6. The van der Waals surface area contributed by atoms with E-state index in [-0.39, 0.29) is 11.8 Å². The average molecular weight is 376 g/mol. The average Bonchev–Trinajstić information content (AvgIpc) is 2.63. The summed E-state index contributed by atoms with van der Waals surface area (Å²) in [5, 5.41) is 3.29. The van der Waals surface area contributed by atoms with E-state index in [1.807, 2.05) is 18.4 Å². The number of rotatable bonds is 0. The Labute approximate surface area is 131 Å². The first-order valence-corrected chi connectivity index (χ1v) is 7.80. The predicted octanol–water partition coefficient (Wildman–Crippen LogP) is 2.97. The Morgan fingerprint density at radius 1 is 1.35 bits per heavy atom. The highest BCUT2D eigenvalue weighted by molar-refractivity contribution is 14.1. The number of Topliss-reactive ketones (excluding diaryl/α,β-unsaturated/α-hetero) is 1. The zero-order chi connectivity index (χ0) is 13.7. The summed E-state index contributed by atoms with van der Waals surface area (Å²) in [5.41, 5.74) is 2.77. The van der Waals surface area contributed by atoms with Crippen LogP contribution in [0, 0.1) is 5.41 Å². The SMILES string of the molecule is O=C1CC=C2N=C3C=CCC=C3C23C=C(I)C=CNC13. The molecular weight excluding hydrogens is 363 g/mol. The van der Waals surface area contributed by atoms with Gasteiger partial charge in [-0.2, -0.15) is 0 Å². The summed E-state index contributed by atoms with van der Waals surface area (Å²) in [6.07, 6.45) is 15.8. The largest absolute Gasteiger partial charge is 0.380 e. The van der Waals surface area contributed by atoms with Crippen molar-refractivity contribution in [1.29, 1.82) is 0 Å². The fourth-order valence-corrected chi connectivity index (χ4v) is 4.11. The van der Waals surface area contributed by atoms with E-state index in [0.29, 0.717) is 6.42 Å². The van der Waals surface area contributed by atoms with Crippen LogP contribution in [0.5, 0.6) is 0 Å². The maximum Gasteiger partial charge on any atom is 0.160 e. The first-order valence-electron chi connectivity index (χ1n) is 6.72. The molecule has 0 radical (unpaired) electrons. The second-order valence-corrected chi connectivity index (χ2v) is 6.59. The molecule has 2 aliphatic heterocycles. The number of hydrogen-bond donors (Lipinski definition) is 1. The first-order chi connectivity index (χ1) is 9.72. The molecule has 0 aromatic rings. The van der Waals surface area contributed by atoms with Gasteiger partial charge in [0.15, 0.2) is 5.78 Å². The number of nitrogens with zero attached hydrogens (tertiary/aromatic N) is 1. The molecule has 4 aliphatic rings. The van der Waals surface area contributed by atoms with Crippen molar-refractivity contribution < 1.29 is 4.79 Å². The zero-order valence-corrected chi connectivity index (χ0v) is 12.9. The summed E-state index contributed by atoms with van der Waals surface area (Å²) in [6.45, 7) is 0. The number of carbonyl (C=O) groups is 1. The highest BCUT2D eigenvalue weighted by atomic mass is 127. The highest BCUT2D eigenvalue weighted by Gasteiger charge is 2.53. The van der Waals surface area contributed by atoms with Crippen molar-refractivity contribution in [2.75, 3.05) is 0 Å². The Kier molecular flexibility index (Phi) is 2.64. The number of hydrogen-bond acceptors (Lipinski definition) is 3. The van der Waals surface area contributed by atoms with Crippen LogP contribution in [0.15, 0.2) is 62.5 Å². The standard InChI is InChI=1S/C16H13IN2O/c17-10-7-8-18-15-13(20)5-6-14-16(15,9-10)11-3-1-2-4-12(11)19-14/h2-4,6-9,15,18H,1,5H2. The Hall–Kier alpha value is -1.43. The summed E-state index contributed by atoms with van der Waals surface area (Å²) in [6, 6.07) is -0.245. The van der Waals surface area contributed by atoms with Crippen molar-refractivity contribution in [2.24, 2.45) is 10.4 Å². The lowest BCUT2D eigenvalue weighted by atomic mass is 9.66. The molecule has 0 saturated carbocycles. The van der Waals surface area contributed by atoms with Gasteiger partial charge in [-0.25, -0.2) is 0 Å². The van der Waals surface area contributed by atoms with E-state index in [1.54, 1.807) is 0 Å². The normalized spacial score (nSPS) is 33.9. The lowest BCUT2D eigenvalue weighted by Gasteiger charge is -2.38. The Morgan fingerprint density at radius 3 is 3.15 bits per heavy atom. The molecule has 0 aromatic carbocycles. The Balaban J connectivity index is 1.99. The van der Waals surface area contributed by atoms with Crippen LogP contribution in [-0.4, -0.2) is 17.5 Å². The Bertz CT molecular complexity index is 693. The minimum Gasteiger partial charge on any atom is -0.380 e. The molecule has 1 N–H and O–H groups in total. The molecule has 0 amide bonds. The molecule has 20 heavy (non-hydrogen) atoms. The van der Waals surface area contributed by atoms with Gasteiger partial charge in [-0.15, -0.1) is 0 Å². The molecule has 0 aromatic heterocycles. The van der Waals surface area contributed by atoms with E-state index in [9.17, 15) is 4.79 Å². The van der Waals surface area contributed by atoms with Gasteiger partial charge in [0.1, 0.15) is 6.04 Å². The molecule has 4 rings (SSSR count). The van der Waals surface area contributed by atoms with E-state index in [2.05, 4.69) is 52.2 Å². The zero-order valence-electron chi connectivity index (χ0n) is 10.8. The van der Waals surface area contributed by atoms with Gasteiger partial charge in [0.25, 0.3) is 0 Å². The quantitative estimate of drug-likeness (QED) is 0.661. The van der Waals surface area contributed by atoms with Crippen LogP contribution in [-0.2, 0) is 4.79 Å². The van der Waals surface area contributed by atoms with Gasteiger partial charge in [0.2, 0.25) is 0 Å². The molecule has 2 atom stereocenters. The van der Waals surface area contributed by atoms with Crippen molar-refractivity contribution in [3.63, 3.8) is 0 Å². The highest BCUT2D eigenvalue weighted by Crippen LogP contribution is 2.52. The van der Waals surface area contributed by atoms with Gasteiger partial charge < -0.3 is 5.32 Å². The van der Waals surface area contributed by atoms with Crippen molar-refractivity contribution in [2.45, 2.75) is 18.9 Å². The number of ketones is 1. The third-order valence-corrected chi connectivity index (χ3v) is 4.94. The molecule has 2 heterocycles.